The summed E-state index contributed by atoms with van der Waals surface area (Å²) in [4.78, 5) is 19.0. The van der Waals surface area contributed by atoms with Crippen LogP contribution in [0.1, 0.15) is 26.2 Å². The highest BCUT2D eigenvalue weighted by molar-refractivity contribution is 6.44. The third-order valence-electron chi connectivity index (χ3n) is 1.78. The number of carboxylic acids is 2. The molecule has 0 aromatic heterocycles. The molecule has 14 heavy (non-hydrogen) atoms. The Balaban J connectivity index is 4.53. The molecular weight excluding hydrogens is 231 g/mol. The van der Waals surface area contributed by atoms with Crippen LogP contribution < -0.4 is 0 Å². The summed E-state index contributed by atoms with van der Waals surface area (Å²) >= 11 is 11.2. The molecule has 0 aliphatic carbocycles. The third kappa shape index (κ3) is 3.35. The Bertz CT molecular complexity index is 215. The Morgan fingerprint density at radius 2 is 1.79 bits per heavy atom. The number of hydrogen-bond donors (Lipinski definition) is 2. The normalized spacial score (nSPS) is 13.6. The summed E-state index contributed by atoms with van der Waals surface area (Å²) in [6.07, 6.45) is 1.01. The first-order chi connectivity index (χ1) is 6.34. The Morgan fingerprint density at radius 1 is 1.36 bits per heavy atom. The summed E-state index contributed by atoms with van der Waals surface area (Å²) in [5.74, 6) is -3.15. The van der Waals surface area contributed by atoms with Crippen molar-refractivity contribution in [3.63, 3.8) is 0 Å². The van der Waals surface area contributed by atoms with E-state index in [2.05, 4.69) is 0 Å². The molecule has 1 unspecified atom stereocenters. The minimum atomic E-state index is -2.30. The second-order valence-electron chi connectivity index (χ2n) is 3.00. The van der Waals surface area contributed by atoms with Gasteiger partial charge in [-0.05, 0) is 6.42 Å². The fraction of sp³-hybridized carbons (Fsp3) is 0.750. The minimum absolute atomic E-state index is 0.283. The SMILES string of the molecule is CCCC(Cl)CC(Cl)(C(=O)O)C(=O)O. The van der Waals surface area contributed by atoms with Gasteiger partial charge in [0.25, 0.3) is 0 Å². The van der Waals surface area contributed by atoms with Gasteiger partial charge >= 0.3 is 11.9 Å². The molecule has 2 N–H and O–H groups in total. The van der Waals surface area contributed by atoms with Crippen LogP contribution in [0.5, 0.6) is 0 Å². The zero-order valence-corrected chi connectivity index (χ0v) is 9.18. The summed E-state index contributed by atoms with van der Waals surface area (Å²) in [6, 6.07) is 0. The first-order valence-corrected chi connectivity index (χ1v) is 4.95. The highest BCUT2D eigenvalue weighted by Crippen LogP contribution is 2.27. The van der Waals surface area contributed by atoms with E-state index in [1.54, 1.807) is 0 Å². The van der Waals surface area contributed by atoms with Crippen molar-refractivity contribution in [3.8, 4) is 0 Å². The quantitative estimate of drug-likeness (QED) is 0.552. The number of alkyl halides is 2. The maximum atomic E-state index is 10.6. The predicted octanol–water partition coefficient (Wildman–Crippen LogP) is 1.93. The molecule has 0 saturated carbocycles. The molecule has 1 atom stereocenters. The molecule has 0 aliphatic heterocycles. The lowest BCUT2D eigenvalue weighted by Gasteiger charge is -2.19. The third-order valence-corrected chi connectivity index (χ3v) is 2.63. The second kappa shape index (κ2) is 5.41. The Labute approximate surface area is 91.8 Å². The molecule has 0 radical (unpaired) electrons. The number of carboxylic acid groups (broad SMARTS) is 2. The Morgan fingerprint density at radius 3 is 2.07 bits per heavy atom. The van der Waals surface area contributed by atoms with Crippen LogP contribution in [0, 0.1) is 0 Å². The standard InChI is InChI=1S/C8H12Cl2O4/c1-2-3-5(9)4-8(10,6(11)12)7(13)14/h5H,2-4H2,1H3,(H,11,12)(H,13,14). The van der Waals surface area contributed by atoms with E-state index in [4.69, 9.17) is 33.4 Å². The topological polar surface area (TPSA) is 74.6 Å². The fourth-order valence-corrected chi connectivity index (χ4v) is 1.70. The Kier molecular flexibility index (Phi) is 5.23. The maximum absolute atomic E-state index is 10.6. The molecule has 6 heteroatoms. The average Bonchev–Trinajstić information content (AvgIpc) is 2.03. The van der Waals surface area contributed by atoms with Crippen LogP contribution in [0.25, 0.3) is 0 Å². The number of aliphatic carboxylic acids is 2. The van der Waals surface area contributed by atoms with E-state index in [1.807, 2.05) is 6.92 Å². The van der Waals surface area contributed by atoms with Crippen molar-refractivity contribution < 1.29 is 19.8 Å². The first kappa shape index (κ1) is 13.5. The molecule has 0 bridgehead atoms. The van der Waals surface area contributed by atoms with Gasteiger partial charge in [-0.3, -0.25) is 0 Å². The van der Waals surface area contributed by atoms with Crippen molar-refractivity contribution in [2.45, 2.75) is 36.4 Å². The smallest absolute Gasteiger partial charge is 0.336 e. The molecule has 0 aliphatic rings. The first-order valence-electron chi connectivity index (χ1n) is 4.14. The number of hydrogen-bond acceptors (Lipinski definition) is 2. The van der Waals surface area contributed by atoms with Gasteiger partial charge in [0.05, 0.1) is 0 Å². The summed E-state index contributed by atoms with van der Waals surface area (Å²) in [5, 5.41) is 16.8. The van der Waals surface area contributed by atoms with Crippen molar-refractivity contribution in [2.75, 3.05) is 0 Å². The van der Waals surface area contributed by atoms with E-state index in [0.29, 0.717) is 6.42 Å². The minimum Gasteiger partial charge on any atom is -0.479 e. The van der Waals surface area contributed by atoms with Crippen LogP contribution in [0.4, 0.5) is 0 Å². The molecule has 0 spiro atoms. The molecule has 82 valence electrons. The highest BCUT2D eigenvalue weighted by atomic mass is 35.5. The lowest BCUT2D eigenvalue weighted by Crippen LogP contribution is -2.43. The van der Waals surface area contributed by atoms with Gasteiger partial charge < -0.3 is 10.2 Å². The van der Waals surface area contributed by atoms with E-state index >= 15 is 0 Å². The van der Waals surface area contributed by atoms with Crippen LogP contribution >= 0.6 is 23.2 Å². The van der Waals surface area contributed by atoms with Crippen LogP contribution in [-0.4, -0.2) is 32.4 Å². The van der Waals surface area contributed by atoms with Crippen LogP contribution in [-0.2, 0) is 9.59 Å². The van der Waals surface area contributed by atoms with Crippen LogP contribution in [0.3, 0.4) is 0 Å². The van der Waals surface area contributed by atoms with Crippen LogP contribution in [0.15, 0.2) is 0 Å². The van der Waals surface area contributed by atoms with Crippen molar-refractivity contribution in [1.82, 2.24) is 0 Å². The van der Waals surface area contributed by atoms with Gasteiger partial charge in [-0.2, -0.15) is 0 Å². The van der Waals surface area contributed by atoms with Gasteiger partial charge in [-0.1, -0.05) is 24.9 Å². The van der Waals surface area contributed by atoms with Gasteiger partial charge in [0.2, 0.25) is 4.87 Å². The molecule has 0 aromatic carbocycles. The lowest BCUT2D eigenvalue weighted by molar-refractivity contribution is -0.152. The predicted molar refractivity (Wildman–Crippen MR) is 53.0 cm³/mol. The number of halogens is 2. The lowest BCUT2D eigenvalue weighted by atomic mass is 10.0. The number of rotatable bonds is 6. The van der Waals surface area contributed by atoms with Gasteiger partial charge in [0.15, 0.2) is 0 Å². The molecular formula is C8H12Cl2O4. The highest BCUT2D eigenvalue weighted by Gasteiger charge is 2.46. The summed E-state index contributed by atoms with van der Waals surface area (Å²) in [7, 11) is 0. The fourth-order valence-electron chi connectivity index (χ4n) is 0.987. The molecule has 0 fully saturated rings. The molecule has 0 aromatic rings. The zero-order valence-electron chi connectivity index (χ0n) is 7.67. The molecule has 0 heterocycles. The monoisotopic (exact) mass is 242 g/mol. The van der Waals surface area contributed by atoms with Gasteiger partial charge in [0.1, 0.15) is 0 Å². The van der Waals surface area contributed by atoms with Crippen molar-refractivity contribution in [2.24, 2.45) is 0 Å². The van der Waals surface area contributed by atoms with Crippen molar-refractivity contribution in [3.05, 3.63) is 0 Å². The molecule has 0 saturated heterocycles. The summed E-state index contributed by atoms with van der Waals surface area (Å²) in [5.41, 5.74) is 0. The van der Waals surface area contributed by atoms with E-state index < -0.39 is 22.2 Å². The zero-order chi connectivity index (χ0) is 11.4. The molecule has 4 nitrogen and oxygen atoms in total. The maximum Gasteiger partial charge on any atom is 0.336 e. The van der Waals surface area contributed by atoms with E-state index in [9.17, 15) is 9.59 Å². The van der Waals surface area contributed by atoms with E-state index in [-0.39, 0.29) is 6.42 Å². The van der Waals surface area contributed by atoms with E-state index in [0.717, 1.165) is 6.42 Å². The molecule has 0 rings (SSSR count). The summed E-state index contributed by atoms with van der Waals surface area (Å²) in [6.45, 7) is 1.87. The summed E-state index contributed by atoms with van der Waals surface area (Å²) < 4.78 is 0. The average molecular weight is 243 g/mol. The number of carbonyl (C=O) groups is 2. The van der Waals surface area contributed by atoms with E-state index in [1.165, 1.54) is 0 Å². The second-order valence-corrected chi connectivity index (χ2v) is 4.26. The van der Waals surface area contributed by atoms with Crippen molar-refractivity contribution >= 4 is 35.1 Å². The Hall–Kier alpha value is -0.480. The van der Waals surface area contributed by atoms with Gasteiger partial charge in [0, 0.05) is 11.8 Å². The van der Waals surface area contributed by atoms with Crippen LogP contribution in [0.2, 0.25) is 0 Å². The molecule has 0 amide bonds. The largest absolute Gasteiger partial charge is 0.479 e. The van der Waals surface area contributed by atoms with Gasteiger partial charge in [-0.15, -0.1) is 11.6 Å². The van der Waals surface area contributed by atoms with Gasteiger partial charge in [-0.25, -0.2) is 9.59 Å². The van der Waals surface area contributed by atoms with Crippen molar-refractivity contribution in [1.29, 1.82) is 0 Å².